The van der Waals surface area contributed by atoms with Gasteiger partial charge in [0.25, 0.3) is 0 Å². The summed E-state index contributed by atoms with van der Waals surface area (Å²) < 4.78 is 6.11. The Morgan fingerprint density at radius 2 is 2.14 bits per heavy atom. The Labute approximate surface area is 136 Å². The van der Waals surface area contributed by atoms with Crippen LogP contribution in [-0.4, -0.2) is 29.2 Å². The summed E-state index contributed by atoms with van der Waals surface area (Å²) in [5.74, 6) is 2.28. The lowest BCUT2D eigenvalue weighted by atomic mass is 10.1. The Bertz CT molecular complexity index is 627. The molecule has 2 unspecified atom stereocenters. The molecule has 1 aliphatic heterocycles. The van der Waals surface area contributed by atoms with Crippen LogP contribution in [0.4, 0.5) is 5.82 Å². The van der Waals surface area contributed by atoms with Crippen molar-refractivity contribution in [2.45, 2.75) is 45.8 Å². The lowest BCUT2D eigenvalue weighted by Gasteiger charge is -2.37. The van der Waals surface area contributed by atoms with Crippen LogP contribution in [0.3, 0.4) is 0 Å². The highest BCUT2D eigenvalue weighted by Crippen LogP contribution is 2.29. The van der Waals surface area contributed by atoms with Gasteiger partial charge in [0.15, 0.2) is 0 Å². The van der Waals surface area contributed by atoms with Crippen LogP contribution in [0, 0.1) is 6.92 Å². The van der Waals surface area contributed by atoms with Crippen LogP contribution in [0.2, 0.25) is 0 Å². The Morgan fingerprint density at radius 1 is 1.32 bits per heavy atom. The molecular weight excluding hydrogens is 294 g/mol. The molecule has 2 atom stereocenters. The summed E-state index contributed by atoms with van der Waals surface area (Å²) in [6.45, 7) is 10.1. The molecule has 0 spiro atoms. The topological polar surface area (TPSA) is 38.2 Å². The molecule has 1 aliphatic rings. The fourth-order valence-electron chi connectivity index (χ4n) is 2.78. The number of hydrogen-bond donors (Lipinski definition) is 0. The molecule has 3 heterocycles. The van der Waals surface area contributed by atoms with Gasteiger partial charge in [-0.25, -0.2) is 9.97 Å². The van der Waals surface area contributed by atoms with Gasteiger partial charge in [-0.2, -0.15) is 11.3 Å². The van der Waals surface area contributed by atoms with Crippen molar-refractivity contribution in [3.63, 3.8) is 0 Å². The second-order valence-corrected chi connectivity index (χ2v) is 7.06. The number of rotatable bonds is 3. The van der Waals surface area contributed by atoms with Crippen molar-refractivity contribution < 1.29 is 4.74 Å². The Balaban J connectivity index is 1.87. The van der Waals surface area contributed by atoms with E-state index in [-0.39, 0.29) is 12.2 Å². The predicted molar refractivity (Wildman–Crippen MR) is 90.7 cm³/mol. The molecule has 2 aromatic rings. The molecule has 0 aromatic carbocycles. The van der Waals surface area contributed by atoms with Crippen molar-refractivity contribution in [2.24, 2.45) is 0 Å². The van der Waals surface area contributed by atoms with Crippen molar-refractivity contribution in [3.05, 3.63) is 40.0 Å². The van der Waals surface area contributed by atoms with E-state index in [0.29, 0.717) is 5.92 Å². The fourth-order valence-corrected chi connectivity index (χ4v) is 3.48. The molecule has 4 nitrogen and oxygen atoms in total. The van der Waals surface area contributed by atoms with E-state index in [1.165, 1.54) is 5.56 Å². The standard InChI is InChI=1S/C17H23N3OS/c1-11(2)17-18-12(3)7-16(19-17)20-8-13(4)21-15(9-20)14-5-6-22-10-14/h5-7,10-11,13,15H,8-9H2,1-4H3. The normalized spacial score (nSPS) is 22.3. The maximum absolute atomic E-state index is 6.11. The molecule has 2 aromatic heterocycles. The molecule has 5 heteroatoms. The highest BCUT2D eigenvalue weighted by Gasteiger charge is 2.28. The van der Waals surface area contributed by atoms with Crippen LogP contribution in [0.5, 0.6) is 0 Å². The molecule has 22 heavy (non-hydrogen) atoms. The zero-order chi connectivity index (χ0) is 15.7. The summed E-state index contributed by atoms with van der Waals surface area (Å²) in [6, 6.07) is 4.23. The largest absolute Gasteiger partial charge is 0.367 e. The summed E-state index contributed by atoms with van der Waals surface area (Å²) in [6.07, 6.45) is 0.309. The molecule has 0 N–H and O–H groups in total. The zero-order valence-electron chi connectivity index (χ0n) is 13.6. The number of hydrogen-bond acceptors (Lipinski definition) is 5. The van der Waals surface area contributed by atoms with Gasteiger partial charge in [0.05, 0.1) is 6.10 Å². The number of ether oxygens (including phenoxy) is 1. The van der Waals surface area contributed by atoms with Crippen molar-refractivity contribution >= 4 is 17.2 Å². The summed E-state index contributed by atoms with van der Waals surface area (Å²) in [5.41, 5.74) is 2.29. The molecule has 0 amide bonds. The highest BCUT2D eigenvalue weighted by molar-refractivity contribution is 7.07. The van der Waals surface area contributed by atoms with E-state index in [1.54, 1.807) is 11.3 Å². The van der Waals surface area contributed by atoms with E-state index >= 15 is 0 Å². The first-order valence-corrected chi connectivity index (χ1v) is 8.75. The van der Waals surface area contributed by atoms with Crippen molar-refractivity contribution in [2.75, 3.05) is 18.0 Å². The Morgan fingerprint density at radius 3 is 2.82 bits per heavy atom. The minimum Gasteiger partial charge on any atom is -0.367 e. The average molecular weight is 317 g/mol. The predicted octanol–water partition coefficient (Wildman–Crippen LogP) is 3.94. The van der Waals surface area contributed by atoms with E-state index < -0.39 is 0 Å². The molecule has 0 saturated carbocycles. The van der Waals surface area contributed by atoms with Crippen molar-refractivity contribution in [1.29, 1.82) is 0 Å². The van der Waals surface area contributed by atoms with Crippen LogP contribution in [0.25, 0.3) is 0 Å². The van der Waals surface area contributed by atoms with E-state index in [2.05, 4.69) is 53.5 Å². The zero-order valence-corrected chi connectivity index (χ0v) is 14.4. The Kier molecular flexibility index (Phi) is 4.45. The molecule has 3 rings (SSSR count). The maximum Gasteiger partial charge on any atom is 0.133 e. The van der Waals surface area contributed by atoms with Crippen LogP contribution >= 0.6 is 11.3 Å². The number of aryl methyl sites for hydroxylation is 1. The average Bonchev–Trinajstić information content (AvgIpc) is 3.00. The molecule has 0 radical (unpaired) electrons. The molecular formula is C17H23N3OS. The van der Waals surface area contributed by atoms with Crippen molar-refractivity contribution in [3.8, 4) is 0 Å². The first kappa shape index (κ1) is 15.4. The van der Waals surface area contributed by atoms with Crippen LogP contribution in [0.15, 0.2) is 22.9 Å². The first-order chi connectivity index (χ1) is 10.5. The smallest absolute Gasteiger partial charge is 0.133 e. The second-order valence-electron chi connectivity index (χ2n) is 6.28. The first-order valence-electron chi connectivity index (χ1n) is 7.81. The molecule has 0 aliphatic carbocycles. The maximum atomic E-state index is 6.11. The van der Waals surface area contributed by atoms with E-state index in [9.17, 15) is 0 Å². The molecule has 1 saturated heterocycles. The van der Waals surface area contributed by atoms with E-state index in [1.807, 2.05) is 6.92 Å². The van der Waals surface area contributed by atoms with Gasteiger partial charge in [0.1, 0.15) is 17.7 Å². The summed E-state index contributed by atoms with van der Waals surface area (Å²) >= 11 is 1.72. The number of nitrogens with zero attached hydrogens (tertiary/aromatic N) is 3. The summed E-state index contributed by atoms with van der Waals surface area (Å²) in [5, 5.41) is 4.28. The van der Waals surface area contributed by atoms with Gasteiger partial charge >= 0.3 is 0 Å². The van der Waals surface area contributed by atoms with E-state index in [4.69, 9.17) is 9.72 Å². The lowest BCUT2D eigenvalue weighted by molar-refractivity contribution is -0.0174. The quantitative estimate of drug-likeness (QED) is 0.859. The van der Waals surface area contributed by atoms with Gasteiger partial charge in [-0.3, -0.25) is 0 Å². The number of thiophene rings is 1. The molecule has 118 valence electrons. The van der Waals surface area contributed by atoms with E-state index in [0.717, 1.165) is 30.4 Å². The second kappa shape index (κ2) is 6.34. The molecule has 0 bridgehead atoms. The van der Waals surface area contributed by atoms with Gasteiger partial charge in [0, 0.05) is 30.8 Å². The third-order valence-electron chi connectivity index (χ3n) is 3.87. The minimum absolute atomic E-state index is 0.118. The SMILES string of the molecule is Cc1cc(N2CC(C)OC(c3ccsc3)C2)nc(C(C)C)n1. The number of anilines is 1. The lowest BCUT2D eigenvalue weighted by Crippen LogP contribution is -2.43. The minimum atomic E-state index is 0.118. The van der Waals surface area contributed by atoms with Crippen LogP contribution in [0.1, 0.15) is 49.9 Å². The molecule has 1 fully saturated rings. The van der Waals surface area contributed by atoms with Gasteiger partial charge in [0.2, 0.25) is 0 Å². The van der Waals surface area contributed by atoms with Crippen LogP contribution in [-0.2, 0) is 4.74 Å². The highest BCUT2D eigenvalue weighted by atomic mass is 32.1. The van der Waals surface area contributed by atoms with Gasteiger partial charge in [-0.15, -0.1) is 0 Å². The summed E-state index contributed by atoms with van der Waals surface area (Å²) in [4.78, 5) is 11.6. The van der Waals surface area contributed by atoms with Gasteiger partial charge < -0.3 is 9.64 Å². The monoisotopic (exact) mass is 317 g/mol. The van der Waals surface area contributed by atoms with Gasteiger partial charge in [-0.1, -0.05) is 13.8 Å². The third-order valence-corrected chi connectivity index (χ3v) is 4.58. The fraction of sp³-hybridized carbons (Fsp3) is 0.529. The number of morpholine rings is 1. The van der Waals surface area contributed by atoms with Crippen LogP contribution < -0.4 is 4.90 Å². The third kappa shape index (κ3) is 3.31. The summed E-state index contributed by atoms with van der Waals surface area (Å²) in [7, 11) is 0. The Hall–Kier alpha value is -1.46. The number of aromatic nitrogens is 2. The van der Waals surface area contributed by atoms with Gasteiger partial charge in [-0.05, 0) is 36.2 Å². The van der Waals surface area contributed by atoms with Crippen molar-refractivity contribution in [1.82, 2.24) is 9.97 Å².